The summed E-state index contributed by atoms with van der Waals surface area (Å²) in [6.45, 7) is 6.59. The molecule has 67 heavy (non-hydrogen) atoms. The number of carboxylic acids is 2. The number of amides is 1. The molecule has 4 N–H and O–H groups in total. The summed E-state index contributed by atoms with van der Waals surface area (Å²) in [6, 6.07) is 19.0. The van der Waals surface area contributed by atoms with Crippen LogP contribution in [-0.2, 0) is 49.8 Å². The standard InChI is InChI=1S/C42H42F5N5O5.C4H6O6/c1-4-56-40(55)41(2,3)50-22-19-32(20-23-50)51(25-27-7-9-28(10-8-27)29-12-16-33(17-13-29)57-42(45,46)47)37(53)26-52-36(18-14-30-11-15-31(43)24-35(30)44)49-39(54)34-6-5-21-48-38(34)52;5-1(3(7)8)2(6)4(9)10/h5-13,15-17,21,24,32H,4,14,18-20,22-23,25-26H2,1-3H3;1-2,5-6H,(H,7,8)(H,9,10)/t;1-,2-/m.1/s1. The molecule has 0 unspecified atom stereocenters. The number of hydrogen-bond donors (Lipinski definition) is 4. The van der Waals surface area contributed by atoms with Crippen LogP contribution in [0.5, 0.6) is 5.75 Å². The van der Waals surface area contributed by atoms with Gasteiger partial charge < -0.3 is 39.4 Å². The Labute approximate surface area is 379 Å². The number of ether oxygens (including phenoxy) is 2. The second-order valence-electron chi connectivity index (χ2n) is 15.9. The third-order valence-corrected chi connectivity index (χ3v) is 11.1. The highest BCUT2D eigenvalue weighted by Crippen LogP contribution is 2.29. The van der Waals surface area contributed by atoms with Gasteiger partial charge in [0.2, 0.25) is 5.91 Å². The summed E-state index contributed by atoms with van der Waals surface area (Å²) in [7, 11) is 0. The summed E-state index contributed by atoms with van der Waals surface area (Å²) >= 11 is 0. The molecule has 6 rings (SSSR count). The number of nitrogens with zero attached hydrogens (tertiary/aromatic N) is 5. The van der Waals surface area contributed by atoms with Crippen molar-refractivity contribution in [3.05, 3.63) is 124 Å². The molecule has 2 atom stereocenters. The number of aliphatic carboxylic acids is 2. The normalized spacial score (nSPS) is 14.4. The van der Waals surface area contributed by atoms with Crippen molar-refractivity contribution in [1.82, 2.24) is 24.3 Å². The Bertz CT molecular complexity index is 2580. The predicted molar refractivity (Wildman–Crippen MR) is 229 cm³/mol. The van der Waals surface area contributed by atoms with E-state index in [1.807, 2.05) is 43.0 Å². The number of carboxylic acid groups (broad SMARTS) is 2. The zero-order chi connectivity index (χ0) is 49.2. The number of rotatable bonds is 16. The summed E-state index contributed by atoms with van der Waals surface area (Å²) in [6.07, 6.45) is -6.62. The van der Waals surface area contributed by atoms with Crippen molar-refractivity contribution in [3.8, 4) is 16.9 Å². The van der Waals surface area contributed by atoms with Crippen LogP contribution in [0.25, 0.3) is 22.2 Å². The van der Waals surface area contributed by atoms with E-state index >= 15 is 0 Å². The number of hydrogen-bond acceptors (Lipinski definition) is 12. The van der Waals surface area contributed by atoms with Gasteiger partial charge in [-0.3, -0.25) is 19.3 Å². The van der Waals surface area contributed by atoms with Gasteiger partial charge in [0.15, 0.2) is 12.2 Å². The number of carbonyl (C=O) groups excluding carboxylic acids is 2. The molecular weight excluding hydrogens is 894 g/mol. The summed E-state index contributed by atoms with van der Waals surface area (Å²) in [5.74, 6) is -5.74. The first kappa shape index (κ1) is 51.1. The molecule has 0 saturated carbocycles. The number of pyridine rings is 1. The Hall–Kier alpha value is -6.84. The molecule has 5 aromatic rings. The molecule has 1 amide bonds. The molecule has 2 aromatic heterocycles. The number of carbonyl (C=O) groups is 4. The van der Waals surface area contributed by atoms with E-state index in [1.165, 1.54) is 36.5 Å². The van der Waals surface area contributed by atoms with Crippen molar-refractivity contribution >= 4 is 34.8 Å². The third kappa shape index (κ3) is 13.4. The predicted octanol–water partition coefficient (Wildman–Crippen LogP) is 5.13. The lowest BCUT2D eigenvalue weighted by molar-refractivity contribution is -0.274. The highest BCUT2D eigenvalue weighted by Gasteiger charge is 2.40. The molecule has 1 aliphatic heterocycles. The molecule has 1 saturated heterocycles. The molecule has 16 nitrogen and oxygen atoms in total. The summed E-state index contributed by atoms with van der Waals surface area (Å²) in [4.78, 5) is 72.7. The molecule has 0 bridgehead atoms. The quantitative estimate of drug-likeness (QED) is 0.0744. The number of aliphatic hydroxyl groups excluding tert-OH is 2. The van der Waals surface area contributed by atoms with Gasteiger partial charge >= 0.3 is 24.3 Å². The molecule has 1 aliphatic rings. The molecule has 21 heteroatoms. The van der Waals surface area contributed by atoms with Crippen LogP contribution < -0.4 is 10.3 Å². The Morgan fingerprint density at radius 2 is 1.46 bits per heavy atom. The highest BCUT2D eigenvalue weighted by atomic mass is 19.4. The lowest BCUT2D eigenvalue weighted by Crippen LogP contribution is -2.56. The van der Waals surface area contributed by atoms with Crippen LogP contribution in [0.15, 0.2) is 89.9 Å². The zero-order valence-corrected chi connectivity index (χ0v) is 36.5. The Balaban J connectivity index is 0.000000752. The van der Waals surface area contributed by atoms with E-state index in [0.717, 1.165) is 23.3 Å². The fourth-order valence-electron chi connectivity index (χ4n) is 7.41. The van der Waals surface area contributed by atoms with Gasteiger partial charge in [-0.25, -0.2) is 23.4 Å². The van der Waals surface area contributed by atoms with E-state index < -0.39 is 53.2 Å². The number of aromatic nitrogens is 3. The number of aliphatic hydroxyl groups is 2. The van der Waals surface area contributed by atoms with Gasteiger partial charge in [-0.15, -0.1) is 13.2 Å². The van der Waals surface area contributed by atoms with Gasteiger partial charge in [0.25, 0.3) is 5.56 Å². The summed E-state index contributed by atoms with van der Waals surface area (Å²) < 4.78 is 77.1. The zero-order valence-electron chi connectivity index (χ0n) is 36.5. The molecule has 0 spiro atoms. The fraction of sp³-hybridized carbons (Fsp3) is 0.370. The maximum absolute atomic E-state index is 14.6. The first-order chi connectivity index (χ1) is 31.6. The summed E-state index contributed by atoms with van der Waals surface area (Å²) in [5, 5.41) is 32.7. The SMILES string of the molecule is CCOC(=O)C(C)(C)N1CCC(N(Cc2ccc(-c3ccc(OC(F)(F)F)cc3)cc2)C(=O)Cn2c(CCc3ccc(F)cc3F)nc(=O)c3cccnc32)CC1.O=C(O)[C@H](O)[C@@H](O)C(=O)O. The van der Waals surface area contributed by atoms with Crippen molar-refractivity contribution < 1.29 is 71.0 Å². The van der Waals surface area contributed by atoms with Crippen LogP contribution in [0.2, 0.25) is 0 Å². The molecule has 3 heterocycles. The first-order valence-corrected chi connectivity index (χ1v) is 20.9. The lowest BCUT2D eigenvalue weighted by Gasteiger charge is -2.44. The number of likely N-dealkylation sites (tertiary alicyclic amines) is 1. The fourth-order valence-corrected chi connectivity index (χ4v) is 7.41. The minimum absolute atomic E-state index is 0.0592. The number of fused-ring (bicyclic) bond motifs is 1. The van der Waals surface area contributed by atoms with Crippen molar-refractivity contribution in [2.75, 3.05) is 19.7 Å². The van der Waals surface area contributed by atoms with Crippen LogP contribution in [0.3, 0.4) is 0 Å². The third-order valence-electron chi connectivity index (χ3n) is 11.1. The lowest BCUT2D eigenvalue weighted by atomic mass is 9.95. The molecule has 3 aromatic carbocycles. The Morgan fingerprint density at radius 3 is 2.01 bits per heavy atom. The Morgan fingerprint density at radius 1 is 0.866 bits per heavy atom. The van der Waals surface area contributed by atoms with Crippen molar-refractivity contribution in [2.45, 2.75) is 89.7 Å². The summed E-state index contributed by atoms with van der Waals surface area (Å²) in [5.41, 5.74) is 1.22. The first-order valence-electron chi connectivity index (χ1n) is 20.9. The van der Waals surface area contributed by atoms with Gasteiger partial charge in [0, 0.05) is 44.4 Å². The number of piperidine rings is 1. The van der Waals surface area contributed by atoms with Crippen LogP contribution in [0, 0.1) is 11.6 Å². The second kappa shape index (κ2) is 22.1. The van der Waals surface area contributed by atoms with Crippen molar-refractivity contribution in [1.29, 1.82) is 0 Å². The number of aryl methyl sites for hydroxylation is 2. The van der Waals surface area contributed by atoms with Gasteiger partial charge in [0.05, 0.1) is 12.0 Å². The number of halogens is 5. The largest absolute Gasteiger partial charge is 0.573 e. The Kier molecular flexibility index (Phi) is 16.9. The van der Waals surface area contributed by atoms with Crippen LogP contribution in [0.4, 0.5) is 22.0 Å². The van der Waals surface area contributed by atoms with Crippen LogP contribution in [0.1, 0.15) is 50.6 Å². The molecule has 1 fully saturated rings. The average Bonchev–Trinajstić information content (AvgIpc) is 3.28. The topological polar surface area (TPSA) is 222 Å². The van der Waals surface area contributed by atoms with Crippen LogP contribution in [-0.4, -0.2) is 118 Å². The molecule has 0 radical (unpaired) electrons. The van der Waals surface area contributed by atoms with Crippen molar-refractivity contribution in [2.24, 2.45) is 0 Å². The van der Waals surface area contributed by atoms with Crippen LogP contribution >= 0.6 is 0 Å². The van der Waals surface area contributed by atoms with Gasteiger partial charge in [0.1, 0.15) is 40.9 Å². The van der Waals surface area contributed by atoms with E-state index in [-0.39, 0.29) is 78.6 Å². The molecule has 0 aliphatic carbocycles. The average molecular weight is 942 g/mol. The number of esters is 1. The van der Waals surface area contributed by atoms with Gasteiger partial charge in [-0.05, 0) is 92.6 Å². The van der Waals surface area contributed by atoms with E-state index in [9.17, 15) is 45.9 Å². The molecular formula is C46H48F5N5O11. The van der Waals surface area contributed by atoms with E-state index in [1.54, 1.807) is 28.5 Å². The van der Waals surface area contributed by atoms with Gasteiger partial charge in [-0.1, -0.05) is 42.5 Å². The van der Waals surface area contributed by atoms with Crippen molar-refractivity contribution in [3.63, 3.8) is 0 Å². The van der Waals surface area contributed by atoms with E-state index in [0.29, 0.717) is 31.5 Å². The van der Waals surface area contributed by atoms with E-state index in [2.05, 4.69) is 14.7 Å². The highest BCUT2D eigenvalue weighted by molar-refractivity contribution is 5.83. The minimum atomic E-state index is -4.80. The number of benzene rings is 3. The minimum Gasteiger partial charge on any atom is -0.479 e. The second-order valence-corrected chi connectivity index (χ2v) is 15.9. The maximum atomic E-state index is 14.6. The number of alkyl halides is 3. The smallest absolute Gasteiger partial charge is 0.479 e. The maximum Gasteiger partial charge on any atom is 0.573 e. The van der Waals surface area contributed by atoms with E-state index in [4.69, 9.17) is 25.2 Å². The monoisotopic (exact) mass is 941 g/mol. The molecule has 358 valence electrons. The van der Waals surface area contributed by atoms with Gasteiger partial charge in [-0.2, -0.15) is 4.98 Å².